The van der Waals surface area contributed by atoms with Crippen molar-refractivity contribution in [2.45, 2.75) is 12.3 Å². The molecule has 13 rings (SSSR count). The molecule has 0 radical (unpaired) electrons. The number of hydrogen-bond acceptors (Lipinski definition) is 5. The molecule has 4 aromatic heterocycles. The maximum absolute atomic E-state index is 6.59. The summed E-state index contributed by atoms with van der Waals surface area (Å²) >= 11 is 0. The highest BCUT2D eigenvalue weighted by molar-refractivity contribution is 6.12. The number of furan rings is 2. The lowest BCUT2D eigenvalue weighted by Gasteiger charge is -2.17. The van der Waals surface area contributed by atoms with Crippen molar-refractivity contribution < 1.29 is 8.83 Å². The number of hydrogen-bond donors (Lipinski definition) is 0. The summed E-state index contributed by atoms with van der Waals surface area (Å²) in [7, 11) is 0. The lowest BCUT2D eigenvalue weighted by Crippen LogP contribution is -2.11. The largest absolute Gasteiger partial charge is 0.460 e. The van der Waals surface area contributed by atoms with Crippen LogP contribution >= 0.6 is 0 Å². The van der Waals surface area contributed by atoms with E-state index < -0.39 is 0 Å². The summed E-state index contributed by atoms with van der Waals surface area (Å²) in [6.45, 7) is 0. The molecule has 6 heteroatoms. The molecule has 63 heavy (non-hydrogen) atoms. The molecule has 1 unspecified atom stereocenters. The Morgan fingerprint density at radius 2 is 1.05 bits per heavy atom. The lowest BCUT2D eigenvalue weighted by molar-refractivity contribution is 0.506. The molecule has 0 fully saturated rings. The topological polar surface area (TPSA) is 69.9 Å². The third-order valence-electron chi connectivity index (χ3n) is 12.6. The van der Waals surface area contributed by atoms with Gasteiger partial charge >= 0.3 is 0 Å². The molecular weight excluding hydrogens is 773 g/mol. The predicted octanol–water partition coefficient (Wildman–Crippen LogP) is 14.8. The quantitative estimate of drug-likeness (QED) is 0.167. The predicted molar refractivity (Wildman–Crippen MR) is 255 cm³/mol. The minimum absolute atomic E-state index is 0.154. The molecule has 0 N–H and O–H groups in total. The summed E-state index contributed by atoms with van der Waals surface area (Å²) in [5.41, 5.74) is 13.5. The molecule has 0 bridgehead atoms. The van der Waals surface area contributed by atoms with Gasteiger partial charge in [0.05, 0.1) is 17.0 Å². The van der Waals surface area contributed by atoms with E-state index in [1.54, 1.807) is 0 Å². The lowest BCUT2D eigenvalue weighted by atomic mass is 9.91. The Bertz CT molecular complexity index is 3770. The molecule has 0 saturated carbocycles. The van der Waals surface area contributed by atoms with Crippen LogP contribution in [0.3, 0.4) is 0 Å². The van der Waals surface area contributed by atoms with Crippen LogP contribution in [0.2, 0.25) is 0 Å². The second-order valence-electron chi connectivity index (χ2n) is 16.3. The first-order chi connectivity index (χ1) is 31.2. The van der Waals surface area contributed by atoms with E-state index in [0.717, 1.165) is 84.1 Å². The summed E-state index contributed by atoms with van der Waals surface area (Å²) in [4.78, 5) is 15.4. The highest BCUT2D eigenvalue weighted by atomic mass is 16.3. The van der Waals surface area contributed by atoms with Crippen molar-refractivity contribution in [3.63, 3.8) is 0 Å². The van der Waals surface area contributed by atoms with Crippen LogP contribution in [-0.4, -0.2) is 19.5 Å². The molecular formula is C57H36N4O2. The number of rotatable bonds is 6. The average molecular weight is 809 g/mol. The van der Waals surface area contributed by atoms with Crippen LogP contribution in [0.1, 0.15) is 29.5 Å². The summed E-state index contributed by atoms with van der Waals surface area (Å²) < 4.78 is 15.5. The van der Waals surface area contributed by atoms with E-state index in [1.807, 2.05) is 60.7 Å². The SMILES string of the molecule is C1=Cc2c(oc3ccccc23)C(c2nc(-c3ccccc3)nc(-c3ccc4oc5cc(-c6ccc7c8cc(-c9ccccc9)ccc8n(-c8ccccc8)c7c6)ccc5c4c3)n2)C1. The van der Waals surface area contributed by atoms with Gasteiger partial charge in [-0.05, 0) is 95.4 Å². The molecule has 1 atom stereocenters. The van der Waals surface area contributed by atoms with Gasteiger partial charge in [-0.25, -0.2) is 15.0 Å². The Labute approximate surface area is 362 Å². The first kappa shape index (κ1) is 35.4. The van der Waals surface area contributed by atoms with Crippen molar-refractivity contribution in [1.29, 1.82) is 0 Å². The molecule has 8 aromatic carbocycles. The van der Waals surface area contributed by atoms with Crippen LogP contribution < -0.4 is 0 Å². The van der Waals surface area contributed by atoms with E-state index in [1.165, 1.54) is 27.4 Å². The van der Waals surface area contributed by atoms with E-state index in [9.17, 15) is 0 Å². The minimum Gasteiger partial charge on any atom is -0.460 e. The summed E-state index contributed by atoms with van der Waals surface area (Å²) in [6, 6.07) is 65.9. The zero-order chi connectivity index (χ0) is 41.4. The number of aromatic nitrogens is 4. The van der Waals surface area contributed by atoms with Gasteiger partial charge in [0.2, 0.25) is 0 Å². The molecule has 1 aliphatic rings. The van der Waals surface area contributed by atoms with Gasteiger partial charge in [-0.15, -0.1) is 0 Å². The van der Waals surface area contributed by atoms with Crippen molar-refractivity contribution in [3.05, 3.63) is 211 Å². The van der Waals surface area contributed by atoms with Gasteiger partial charge in [0, 0.05) is 49.3 Å². The standard InChI is InChI=1S/C57H36N4O2/c1-4-13-35(14-5-1)37-25-29-49-47(31-37)42-27-23-38(33-50(42)61(49)41-17-8-3-9-18-41)39-24-28-44-48-32-40(26-30-52(48)62-53(44)34-39)56-58-55(36-15-6-2-7-16-36)59-57(60-56)46-21-12-20-45-43-19-10-11-22-51(43)63-54(45)46/h1-20,22-34,46H,21H2. The molecule has 0 saturated heterocycles. The number of nitrogens with zero attached hydrogens (tertiary/aromatic N) is 4. The maximum atomic E-state index is 6.59. The number of fused-ring (bicyclic) bond motifs is 9. The van der Waals surface area contributed by atoms with Crippen molar-refractivity contribution in [3.8, 4) is 50.7 Å². The van der Waals surface area contributed by atoms with Crippen molar-refractivity contribution in [2.75, 3.05) is 0 Å². The van der Waals surface area contributed by atoms with E-state index >= 15 is 0 Å². The summed E-state index contributed by atoms with van der Waals surface area (Å²) in [5.74, 6) is 2.66. The van der Waals surface area contributed by atoms with E-state index in [0.29, 0.717) is 17.5 Å². The van der Waals surface area contributed by atoms with Crippen LogP contribution in [0.25, 0.3) is 112 Å². The fourth-order valence-corrected chi connectivity index (χ4v) is 9.52. The minimum atomic E-state index is -0.154. The first-order valence-electron chi connectivity index (χ1n) is 21.4. The van der Waals surface area contributed by atoms with Gasteiger partial charge in [-0.1, -0.05) is 133 Å². The van der Waals surface area contributed by atoms with Gasteiger partial charge in [0.25, 0.3) is 0 Å². The van der Waals surface area contributed by atoms with E-state index in [2.05, 4.69) is 144 Å². The molecule has 12 aromatic rings. The summed E-state index contributed by atoms with van der Waals surface area (Å²) in [6.07, 6.45) is 5.08. The normalized spacial score (nSPS) is 13.7. The highest BCUT2D eigenvalue weighted by Gasteiger charge is 2.29. The van der Waals surface area contributed by atoms with Crippen molar-refractivity contribution >= 4 is 60.8 Å². The third-order valence-corrected chi connectivity index (χ3v) is 12.6. The average Bonchev–Trinajstić information content (AvgIpc) is 4.03. The van der Waals surface area contributed by atoms with Gasteiger partial charge in [0.1, 0.15) is 28.3 Å². The Hall–Kier alpha value is -8.35. The van der Waals surface area contributed by atoms with Gasteiger partial charge in [-0.2, -0.15) is 0 Å². The van der Waals surface area contributed by atoms with Crippen LogP contribution in [0.4, 0.5) is 0 Å². The van der Waals surface area contributed by atoms with E-state index in [4.69, 9.17) is 23.8 Å². The summed E-state index contributed by atoms with van der Waals surface area (Å²) in [5, 5.41) is 5.57. The molecule has 0 aliphatic heterocycles. The fourth-order valence-electron chi connectivity index (χ4n) is 9.52. The Kier molecular flexibility index (Phi) is 7.93. The highest BCUT2D eigenvalue weighted by Crippen LogP contribution is 2.42. The second-order valence-corrected chi connectivity index (χ2v) is 16.3. The molecule has 1 aliphatic carbocycles. The van der Waals surface area contributed by atoms with Crippen LogP contribution in [0.15, 0.2) is 203 Å². The Morgan fingerprint density at radius 1 is 0.413 bits per heavy atom. The maximum Gasteiger partial charge on any atom is 0.163 e. The van der Waals surface area contributed by atoms with Gasteiger partial charge in [0.15, 0.2) is 11.6 Å². The second kappa shape index (κ2) is 14.1. The molecule has 0 spiro atoms. The first-order valence-corrected chi connectivity index (χ1v) is 21.4. The molecule has 4 heterocycles. The van der Waals surface area contributed by atoms with Gasteiger partial charge in [-0.3, -0.25) is 0 Å². The van der Waals surface area contributed by atoms with E-state index in [-0.39, 0.29) is 5.92 Å². The Morgan fingerprint density at radius 3 is 1.87 bits per heavy atom. The van der Waals surface area contributed by atoms with Crippen molar-refractivity contribution in [2.24, 2.45) is 0 Å². The number of benzene rings is 8. The number of para-hydroxylation sites is 2. The van der Waals surface area contributed by atoms with Crippen LogP contribution in [0, 0.1) is 0 Å². The zero-order valence-corrected chi connectivity index (χ0v) is 33.9. The fraction of sp³-hybridized carbons (Fsp3) is 0.0351. The number of allylic oxidation sites excluding steroid dienone is 1. The van der Waals surface area contributed by atoms with Crippen LogP contribution in [-0.2, 0) is 0 Å². The molecule has 0 amide bonds. The monoisotopic (exact) mass is 808 g/mol. The van der Waals surface area contributed by atoms with Gasteiger partial charge < -0.3 is 13.4 Å². The smallest absolute Gasteiger partial charge is 0.163 e. The van der Waals surface area contributed by atoms with Crippen molar-refractivity contribution in [1.82, 2.24) is 19.5 Å². The third kappa shape index (κ3) is 5.83. The molecule has 6 nitrogen and oxygen atoms in total. The Balaban J connectivity index is 0.912. The van der Waals surface area contributed by atoms with Crippen LogP contribution in [0.5, 0.6) is 0 Å². The zero-order valence-electron chi connectivity index (χ0n) is 33.9. The molecule has 296 valence electrons.